The molecule has 2 N–H and O–H groups in total. The summed E-state index contributed by atoms with van der Waals surface area (Å²) in [5, 5.41) is 14.7. The first-order valence-corrected chi connectivity index (χ1v) is 7.95. The number of nitrogens with zero attached hydrogens (tertiary/aromatic N) is 4. The maximum Gasteiger partial charge on any atom is 0.270 e. The summed E-state index contributed by atoms with van der Waals surface area (Å²) in [5.74, 6) is 0.0155. The molecule has 26 heavy (non-hydrogen) atoms. The van der Waals surface area contributed by atoms with Crippen molar-refractivity contribution in [2.45, 2.75) is 13.5 Å². The highest BCUT2D eigenvalue weighted by Crippen LogP contribution is 2.15. The normalized spacial score (nSPS) is 10.0. The van der Waals surface area contributed by atoms with Crippen LogP contribution in [0.4, 0.5) is 11.6 Å². The summed E-state index contributed by atoms with van der Waals surface area (Å²) in [6, 6.07) is 16.1. The Morgan fingerprint density at radius 1 is 1.15 bits per heavy atom. The number of rotatable bonds is 5. The zero-order chi connectivity index (χ0) is 18.4. The van der Waals surface area contributed by atoms with Gasteiger partial charge in [0.15, 0.2) is 0 Å². The molecule has 0 unspecified atom stereocenters. The number of carbonyl (C=O) groups excluding carboxylic acids is 1. The number of amides is 1. The highest BCUT2D eigenvalue weighted by atomic mass is 16.1. The number of hydrogen-bond donors (Lipinski definition) is 2. The van der Waals surface area contributed by atoms with E-state index >= 15 is 0 Å². The van der Waals surface area contributed by atoms with Gasteiger partial charge in [-0.1, -0.05) is 6.07 Å². The fraction of sp³-hybridized carbons (Fsp3) is 0.105. The molecule has 0 bridgehead atoms. The number of benzene rings is 1. The number of hydrogen-bond acceptors (Lipinski definition) is 6. The SMILES string of the molecule is Cc1cc(C(=O)NCc2ccccn2)nc(Nc2ccc(C#N)cc2)n1. The Labute approximate surface area is 150 Å². The molecule has 1 aromatic carbocycles. The molecule has 2 heterocycles. The molecule has 0 aliphatic heterocycles. The maximum absolute atomic E-state index is 12.4. The molecule has 0 atom stereocenters. The minimum atomic E-state index is -0.302. The van der Waals surface area contributed by atoms with Gasteiger partial charge in [-0.3, -0.25) is 9.78 Å². The van der Waals surface area contributed by atoms with Crippen molar-refractivity contribution in [1.29, 1.82) is 5.26 Å². The molecule has 128 valence electrons. The van der Waals surface area contributed by atoms with E-state index < -0.39 is 0 Å². The van der Waals surface area contributed by atoms with Crippen molar-refractivity contribution in [2.75, 3.05) is 5.32 Å². The van der Waals surface area contributed by atoms with Gasteiger partial charge in [0, 0.05) is 17.6 Å². The molecule has 0 spiro atoms. The first-order chi connectivity index (χ1) is 12.6. The summed E-state index contributed by atoms with van der Waals surface area (Å²) in [4.78, 5) is 25.1. The van der Waals surface area contributed by atoms with Crippen molar-refractivity contribution in [3.63, 3.8) is 0 Å². The number of pyridine rings is 1. The Morgan fingerprint density at radius 2 is 1.96 bits per heavy atom. The summed E-state index contributed by atoms with van der Waals surface area (Å²) < 4.78 is 0. The van der Waals surface area contributed by atoms with Crippen molar-refractivity contribution < 1.29 is 4.79 Å². The quantitative estimate of drug-likeness (QED) is 0.737. The maximum atomic E-state index is 12.4. The van der Waals surface area contributed by atoms with Crippen LogP contribution in [-0.4, -0.2) is 20.9 Å². The average Bonchev–Trinajstić information content (AvgIpc) is 2.67. The first-order valence-electron chi connectivity index (χ1n) is 7.95. The largest absolute Gasteiger partial charge is 0.345 e. The summed E-state index contributed by atoms with van der Waals surface area (Å²) in [6.45, 7) is 2.11. The summed E-state index contributed by atoms with van der Waals surface area (Å²) in [6.07, 6.45) is 1.68. The Morgan fingerprint density at radius 3 is 2.65 bits per heavy atom. The van der Waals surface area contributed by atoms with Gasteiger partial charge in [0.05, 0.1) is 23.9 Å². The van der Waals surface area contributed by atoms with Crippen LogP contribution in [0, 0.1) is 18.3 Å². The van der Waals surface area contributed by atoms with Gasteiger partial charge in [0.1, 0.15) is 5.69 Å². The minimum Gasteiger partial charge on any atom is -0.345 e. The van der Waals surface area contributed by atoms with Gasteiger partial charge >= 0.3 is 0 Å². The number of carbonyl (C=O) groups is 1. The van der Waals surface area contributed by atoms with E-state index in [1.165, 1.54) is 0 Å². The van der Waals surface area contributed by atoms with Crippen molar-refractivity contribution in [1.82, 2.24) is 20.3 Å². The molecule has 0 radical (unpaired) electrons. The summed E-state index contributed by atoms with van der Waals surface area (Å²) in [7, 11) is 0. The van der Waals surface area contributed by atoms with Gasteiger partial charge in [-0.25, -0.2) is 9.97 Å². The van der Waals surface area contributed by atoms with Crippen molar-refractivity contribution in [3.8, 4) is 6.07 Å². The van der Waals surface area contributed by atoms with E-state index in [0.717, 1.165) is 11.4 Å². The third-order valence-electron chi connectivity index (χ3n) is 3.51. The Kier molecular flexibility index (Phi) is 5.15. The van der Waals surface area contributed by atoms with Crippen LogP contribution in [-0.2, 0) is 6.54 Å². The number of anilines is 2. The van der Waals surface area contributed by atoms with Crippen LogP contribution in [0.25, 0.3) is 0 Å². The van der Waals surface area contributed by atoms with Crippen LogP contribution in [0.15, 0.2) is 54.7 Å². The standard InChI is InChI=1S/C19H16N6O/c1-13-10-17(18(26)22-12-16-4-2-3-9-21-16)25-19(23-13)24-15-7-5-14(11-20)6-8-15/h2-10H,12H2,1H3,(H,22,26)(H,23,24,25). The van der Waals surface area contributed by atoms with Crippen molar-refractivity contribution in [3.05, 3.63) is 77.4 Å². The lowest BCUT2D eigenvalue weighted by Crippen LogP contribution is -2.24. The monoisotopic (exact) mass is 344 g/mol. The predicted octanol–water partition coefficient (Wildman–Crippen LogP) is 2.73. The molecule has 0 saturated carbocycles. The molecule has 7 nitrogen and oxygen atoms in total. The predicted molar refractivity (Wildman–Crippen MR) is 96.6 cm³/mol. The smallest absolute Gasteiger partial charge is 0.270 e. The Balaban J connectivity index is 1.72. The van der Waals surface area contributed by atoms with Gasteiger partial charge in [-0.05, 0) is 49.4 Å². The third kappa shape index (κ3) is 4.39. The molecule has 0 saturated heterocycles. The van der Waals surface area contributed by atoms with Crippen LogP contribution in [0.3, 0.4) is 0 Å². The topological polar surface area (TPSA) is 104 Å². The molecule has 1 amide bonds. The fourth-order valence-electron chi connectivity index (χ4n) is 2.26. The lowest BCUT2D eigenvalue weighted by atomic mass is 10.2. The highest BCUT2D eigenvalue weighted by molar-refractivity contribution is 5.92. The van der Waals surface area contributed by atoms with Gasteiger partial charge < -0.3 is 10.6 Å². The van der Waals surface area contributed by atoms with Crippen LogP contribution < -0.4 is 10.6 Å². The lowest BCUT2D eigenvalue weighted by Gasteiger charge is -2.09. The van der Waals surface area contributed by atoms with Gasteiger partial charge in [-0.15, -0.1) is 0 Å². The Bertz CT molecular complexity index is 948. The number of nitrogens with one attached hydrogen (secondary N) is 2. The lowest BCUT2D eigenvalue weighted by molar-refractivity contribution is 0.0945. The van der Waals surface area contributed by atoms with E-state index in [4.69, 9.17) is 5.26 Å². The van der Waals surface area contributed by atoms with Gasteiger partial charge in [0.2, 0.25) is 5.95 Å². The Hall–Kier alpha value is -3.79. The summed E-state index contributed by atoms with van der Waals surface area (Å²) in [5.41, 5.74) is 3.00. The van der Waals surface area contributed by atoms with E-state index in [1.807, 2.05) is 18.2 Å². The van der Waals surface area contributed by atoms with E-state index in [-0.39, 0.29) is 11.6 Å². The molecule has 3 aromatic rings. The molecule has 3 rings (SSSR count). The van der Waals surface area contributed by atoms with Crippen LogP contribution in [0.5, 0.6) is 0 Å². The number of aromatic nitrogens is 3. The van der Waals surface area contributed by atoms with E-state index in [0.29, 0.717) is 23.8 Å². The van der Waals surface area contributed by atoms with E-state index in [2.05, 4.69) is 31.7 Å². The van der Waals surface area contributed by atoms with Crippen molar-refractivity contribution in [2.24, 2.45) is 0 Å². The van der Waals surface area contributed by atoms with E-state index in [1.54, 1.807) is 43.5 Å². The number of nitriles is 1. The van der Waals surface area contributed by atoms with Gasteiger partial charge in [0.25, 0.3) is 5.91 Å². The van der Waals surface area contributed by atoms with Gasteiger partial charge in [-0.2, -0.15) is 5.26 Å². The van der Waals surface area contributed by atoms with Crippen LogP contribution in [0.1, 0.15) is 27.4 Å². The van der Waals surface area contributed by atoms with Crippen LogP contribution in [0.2, 0.25) is 0 Å². The fourth-order valence-corrected chi connectivity index (χ4v) is 2.26. The molecule has 0 aliphatic rings. The zero-order valence-corrected chi connectivity index (χ0v) is 14.1. The highest BCUT2D eigenvalue weighted by Gasteiger charge is 2.11. The number of aryl methyl sites for hydroxylation is 1. The second-order valence-electron chi connectivity index (χ2n) is 5.54. The summed E-state index contributed by atoms with van der Waals surface area (Å²) >= 11 is 0. The zero-order valence-electron chi connectivity index (χ0n) is 14.1. The van der Waals surface area contributed by atoms with Crippen LogP contribution >= 0.6 is 0 Å². The molecule has 0 fully saturated rings. The van der Waals surface area contributed by atoms with Crippen molar-refractivity contribution >= 4 is 17.5 Å². The average molecular weight is 344 g/mol. The molecule has 7 heteroatoms. The molecule has 0 aliphatic carbocycles. The van der Waals surface area contributed by atoms with E-state index in [9.17, 15) is 4.79 Å². The third-order valence-corrected chi connectivity index (χ3v) is 3.51. The second-order valence-corrected chi connectivity index (χ2v) is 5.54. The first kappa shape index (κ1) is 17.0. The second kappa shape index (κ2) is 7.85. The molecule has 2 aromatic heterocycles. The molecular weight excluding hydrogens is 328 g/mol. The molecular formula is C19H16N6O. The minimum absolute atomic E-state index is 0.268.